The Bertz CT molecular complexity index is 1180. The number of rotatable bonds is 8. The van der Waals surface area contributed by atoms with Crippen LogP contribution in [0, 0.1) is 0 Å². The van der Waals surface area contributed by atoms with Crippen molar-refractivity contribution in [2.24, 2.45) is 0 Å². The normalized spacial score (nSPS) is 12.7. The zero-order chi connectivity index (χ0) is 23.3. The minimum Gasteiger partial charge on any atom is -0.325 e. The molecule has 1 amide bonds. The van der Waals surface area contributed by atoms with Crippen LogP contribution in [0.3, 0.4) is 0 Å². The topological polar surface area (TPSA) is 69.7 Å². The summed E-state index contributed by atoms with van der Waals surface area (Å²) in [5.41, 5.74) is 3.84. The second-order valence-corrected chi connectivity index (χ2v) is 10.1. The number of benzene rings is 3. The molecule has 0 heterocycles. The van der Waals surface area contributed by atoms with E-state index in [9.17, 15) is 13.2 Å². The Kier molecular flexibility index (Phi) is 7.45. The van der Waals surface area contributed by atoms with Gasteiger partial charge in [-0.15, -0.1) is 0 Å². The highest BCUT2D eigenvalue weighted by atomic mass is 32.2. The summed E-state index contributed by atoms with van der Waals surface area (Å²) >= 11 is 0. The molecule has 0 spiro atoms. The molecule has 0 aliphatic carbocycles. The van der Waals surface area contributed by atoms with Gasteiger partial charge >= 0.3 is 0 Å². The summed E-state index contributed by atoms with van der Waals surface area (Å²) in [4.78, 5) is 15.0. The summed E-state index contributed by atoms with van der Waals surface area (Å²) < 4.78 is 25.9. The quantitative estimate of drug-likeness (QED) is 0.561. The highest BCUT2D eigenvalue weighted by Crippen LogP contribution is 2.25. The summed E-state index contributed by atoms with van der Waals surface area (Å²) in [6.07, 6.45) is 0. The first kappa shape index (κ1) is 23.7. The molecule has 1 atom stereocenters. The lowest BCUT2D eigenvalue weighted by Gasteiger charge is -2.25. The maximum absolute atomic E-state index is 12.9. The molecule has 3 rings (SSSR count). The fraction of sp³-hybridized carbons (Fsp3) is 0.240. The van der Waals surface area contributed by atoms with Crippen molar-refractivity contribution in [3.05, 3.63) is 84.4 Å². The Labute approximate surface area is 190 Å². The molecule has 0 bridgehead atoms. The Morgan fingerprint density at radius 2 is 1.56 bits per heavy atom. The van der Waals surface area contributed by atoms with E-state index in [4.69, 9.17) is 0 Å². The van der Waals surface area contributed by atoms with E-state index >= 15 is 0 Å². The van der Waals surface area contributed by atoms with E-state index in [0.29, 0.717) is 12.2 Å². The Morgan fingerprint density at radius 3 is 2.25 bits per heavy atom. The van der Waals surface area contributed by atoms with Gasteiger partial charge in [0.1, 0.15) is 0 Å². The van der Waals surface area contributed by atoms with Crippen molar-refractivity contribution in [2.75, 3.05) is 26.5 Å². The van der Waals surface area contributed by atoms with Crippen molar-refractivity contribution in [2.45, 2.75) is 24.4 Å². The van der Waals surface area contributed by atoms with Gasteiger partial charge in [0.05, 0.1) is 10.9 Å². The van der Waals surface area contributed by atoms with E-state index in [0.717, 1.165) is 21.0 Å². The van der Waals surface area contributed by atoms with E-state index in [1.807, 2.05) is 49.2 Å². The minimum atomic E-state index is -3.57. The average Bonchev–Trinajstić information content (AvgIpc) is 2.79. The zero-order valence-electron chi connectivity index (χ0n) is 18.8. The van der Waals surface area contributed by atoms with Gasteiger partial charge < -0.3 is 5.32 Å². The van der Waals surface area contributed by atoms with E-state index < -0.39 is 16.1 Å². The lowest BCUT2D eigenvalue weighted by Crippen LogP contribution is -2.39. The number of likely N-dealkylation sites (N-methyl/N-ethyl adjacent to an activating group) is 1. The Balaban J connectivity index is 1.73. The number of amides is 1. The third kappa shape index (κ3) is 5.43. The minimum absolute atomic E-state index is 0.137. The lowest BCUT2D eigenvalue weighted by atomic mass is 9.99. The smallest absolute Gasteiger partial charge is 0.242 e. The van der Waals surface area contributed by atoms with Gasteiger partial charge in [0.2, 0.25) is 15.9 Å². The zero-order valence-corrected chi connectivity index (χ0v) is 19.6. The average molecular weight is 452 g/mol. The Morgan fingerprint density at radius 1 is 0.906 bits per heavy atom. The van der Waals surface area contributed by atoms with Gasteiger partial charge in [-0.3, -0.25) is 9.69 Å². The van der Waals surface area contributed by atoms with Crippen LogP contribution in [-0.4, -0.2) is 50.7 Å². The first-order chi connectivity index (χ1) is 15.2. The summed E-state index contributed by atoms with van der Waals surface area (Å²) in [7, 11) is 1.28. The highest BCUT2D eigenvalue weighted by Gasteiger charge is 2.21. The van der Waals surface area contributed by atoms with Crippen molar-refractivity contribution >= 4 is 21.6 Å². The van der Waals surface area contributed by atoms with Gasteiger partial charge in [-0.25, -0.2) is 12.7 Å². The summed E-state index contributed by atoms with van der Waals surface area (Å²) in [5, 5.41) is 2.84. The molecule has 1 N–H and O–H groups in total. The summed E-state index contributed by atoms with van der Waals surface area (Å²) in [6, 6.07) is 24.2. The van der Waals surface area contributed by atoms with Crippen molar-refractivity contribution in [1.29, 1.82) is 0 Å². The Hall–Kier alpha value is -3.00. The molecule has 6 nitrogen and oxygen atoms in total. The lowest BCUT2D eigenvalue weighted by molar-refractivity contribution is -0.120. The van der Waals surface area contributed by atoms with Crippen LogP contribution in [0.5, 0.6) is 0 Å². The fourth-order valence-corrected chi connectivity index (χ4v) is 4.30. The maximum Gasteiger partial charge on any atom is 0.242 e. The maximum atomic E-state index is 12.9. The van der Waals surface area contributed by atoms with Crippen molar-refractivity contribution in [1.82, 2.24) is 9.21 Å². The molecule has 32 heavy (non-hydrogen) atoms. The molecule has 0 saturated carbocycles. The predicted octanol–water partition coefficient (Wildman–Crippen LogP) is 4.06. The van der Waals surface area contributed by atoms with Crippen LogP contribution in [0.15, 0.2) is 83.8 Å². The van der Waals surface area contributed by atoms with Gasteiger partial charge in [0, 0.05) is 26.3 Å². The number of hydrogen-bond acceptors (Lipinski definition) is 4. The SMILES string of the molecule is CC(C(=O)Nc1cccc(S(=O)(=O)N(C)C)c1)N(C)Cc1ccccc1-c1ccccc1. The van der Waals surface area contributed by atoms with E-state index in [1.54, 1.807) is 12.1 Å². The highest BCUT2D eigenvalue weighted by molar-refractivity contribution is 7.89. The van der Waals surface area contributed by atoms with Crippen LogP contribution < -0.4 is 5.32 Å². The van der Waals surface area contributed by atoms with Crippen LogP contribution in [0.1, 0.15) is 12.5 Å². The van der Waals surface area contributed by atoms with Crippen LogP contribution in [0.2, 0.25) is 0 Å². The number of sulfonamides is 1. The molecule has 0 radical (unpaired) electrons. The van der Waals surface area contributed by atoms with E-state index in [-0.39, 0.29) is 10.8 Å². The van der Waals surface area contributed by atoms with E-state index in [1.165, 1.54) is 26.2 Å². The van der Waals surface area contributed by atoms with Crippen molar-refractivity contribution in [3.8, 4) is 11.1 Å². The number of anilines is 1. The van der Waals surface area contributed by atoms with Crippen molar-refractivity contribution in [3.63, 3.8) is 0 Å². The first-order valence-electron chi connectivity index (χ1n) is 10.4. The molecule has 3 aromatic rings. The molecule has 168 valence electrons. The third-order valence-corrected chi connectivity index (χ3v) is 7.25. The van der Waals surface area contributed by atoms with Gasteiger partial charge in [-0.1, -0.05) is 60.7 Å². The number of carbonyl (C=O) groups is 1. The molecule has 0 saturated heterocycles. The largest absolute Gasteiger partial charge is 0.325 e. The predicted molar refractivity (Wildman–Crippen MR) is 129 cm³/mol. The number of carbonyl (C=O) groups excluding carboxylic acids is 1. The second-order valence-electron chi connectivity index (χ2n) is 7.92. The van der Waals surface area contributed by atoms with Crippen molar-refractivity contribution < 1.29 is 13.2 Å². The molecule has 0 aliphatic heterocycles. The molecular formula is C25H29N3O3S. The number of hydrogen-bond donors (Lipinski definition) is 1. The van der Waals surface area contributed by atoms with Crippen LogP contribution in [-0.2, 0) is 21.4 Å². The molecule has 3 aromatic carbocycles. The number of nitrogens with zero attached hydrogens (tertiary/aromatic N) is 2. The fourth-order valence-electron chi connectivity index (χ4n) is 3.36. The monoisotopic (exact) mass is 451 g/mol. The summed E-state index contributed by atoms with van der Waals surface area (Å²) in [5.74, 6) is -0.205. The third-order valence-electron chi connectivity index (χ3n) is 5.44. The molecule has 0 aromatic heterocycles. The molecule has 7 heteroatoms. The van der Waals surface area contributed by atoms with Crippen LogP contribution in [0.4, 0.5) is 5.69 Å². The molecule has 0 fully saturated rings. The standard InChI is InChI=1S/C25H29N3O3S/c1-19(25(29)26-22-14-10-15-23(17-22)32(30,31)27(2)3)28(4)18-21-13-8-9-16-24(21)20-11-6-5-7-12-20/h5-17,19H,18H2,1-4H3,(H,26,29). The van der Waals surface area contributed by atoms with E-state index in [2.05, 4.69) is 29.6 Å². The first-order valence-corrected chi connectivity index (χ1v) is 11.8. The van der Waals surface area contributed by atoms with Gasteiger partial charge in [0.25, 0.3) is 0 Å². The number of nitrogens with one attached hydrogen (secondary N) is 1. The van der Waals surface area contributed by atoms with Crippen LogP contribution in [0.25, 0.3) is 11.1 Å². The molecular weight excluding hydrogens is 422 g/mol. The summed E-state index contributed by atoms with van der Waals surface area (Å²) in [6.45, 7) is 2.43. The van der Waals surface area contributed by atoms with Crippen LogP contribution >= 0.6 is 0 Å². The van der Waals surface area contributed by atoms with Gasteiger partial charge in [0.15, 0.2) is 0 Å². The molecule has 1 unspecified atom stereocenters. The van der Waals surface area contributed by atoms with Gasteiger partial charge in [-0.05, 0) is 48.9 Å². The molecule has 0 aliphatic rings. The second kappa shape index (κ2) is 10.1. The van der Waals surface area contributed by atoms with Gasteiger partial charge in [-0.2, -0.15) is 0 Å².